The van der Waals surface area contributed by atoms with Gasteiger partial charge >= 0.3 is 11.7 Å². The minimum absolute atomic E-state index is 0.0989. The SMILES string of the molecule is CCOc1cc(Br)c(CC(=O)OCCCn2c(=O)oc3ccccc32)cc1OCC. The Morgan fingerprint density at radius 2 is 1.80 bits per heavy atom. The van der Waals surface area contributed by atoms with Gasteiger partial charge in [0, 0.05) is 11.0 Å². The van der Waals surface area contributed by atoms with Crippen molar-refractivity contribution in [2.45, 2.75) is 33.2 Å². The third kappa shape index (κ3) is 5.24. The highest BCUT2D eigenvalue weighted by Gasteiger charge is 2.15. The lowest BCUT2D eigenvalue weighted by Crippen LogP contribution is -2.16. The molecule has 3 aromatic rings. The van der Waals surface area contributed by atoms with E-state index in [-0.39, 0.29) is 19.0 Å². The number of nitrogens with zero attached hydrogens (tertiary/aromatic N) is 1. The Morgan fingerprint density at radius 3 is 2.53 bits per heavy atom. The molecular formula is C22H24BrNO6. The Hall–Kier alpha value is -2.74. The van der Waals surface area contributed by atoms with Crippen LogP contribution in [0.2, 0.25) is 0 Å². The van der Waals surface area contributed by atoms with Crippen LogP contribution in [-0.4, -0.2) is 30.4 Å². The van der Waals surface area contributed by atoms with Crippen LogP contribution in [0, 0.1) is 0 Å². The molecule has 0 spiro atoms. The first-order chi connectivity index (χ1) is 14.5. The van der Waals surface area contributed by atoms with Crippen molar-refractivity contribution >= 4 is 33.0 Å². The predicted molar refractivity (Wildman–Crippen MR) is 116 cm³/mol. The van der Waals surface area contributed by atoms with Crippen LogP contribution < -0.4 is 15.2 Å². The molecule has 0 atom stereocenters. The maximum Gasteiger partial charge on any atom is 0.419 e. The highest BCUT2D eigenvalue weighted by atomic mass is 79.9. The van der Waals surface area contributed by atoms with Gasteiger partial charge < -0.3 is 18.6 Å². The van der Waals surface area contributed by atoms with E-state index >= 15 is 0 Å². The number of aryl methyl sites for hydroxylation is 1. The van der Waals surface area contributed by atoms with Gasteiger partial charge in [0.2, 0.25) is 0 Å². The Kier molecular flexibility index (Phi) is 7.57. The van der Waals surface area contributed by atoms with Crippen LogP contribution in [0.25, 0.3) is 11.1 Å². The van der Waals surface area contributed by atoms with Crippen molar-refractivity contribution in [1.82, 2.24) is 4.57 Å². The molecule has 0 fully saturated rings. The molecule has 0 saturated carbocycles. The highest BCUT2D eigenvalue weighted by molar-refractivity contribution is 9.10. The Balaban J connectivity index is 1.56. The van der Waals surface area contributed by atoms with Gasteiger partial charge in [0.1, 0.15) is 0 Å². The summed E-state index contributed by atoms with van der Waals surface area (Å²) in [6, 6.07) is 10.8. The average Bonchev–Trinajstić information content (AvgIpc) is 3.04. The zero-order valence-electron chi connectivity index (χ0n) is 17.0. The van der Waals surface area contributed by atoms with Crippen molar-refractivity contribution in [1.29, 1.82) is 0 Å². The van der Waals surface area contributed by atoms with Crippen molar-refractivity contribution in [2.75, 3.05) is 19.8 Å². The third-order valence-corrected chi connectivity index (χ3v) is 5.15. The number of benzene rings is 2. The number of hydrogen-bond donors (Lipinski definition) is 0. The standard InChI is InChI=1S/C22H24BrNO6/c1-3-27-19-12-15(16(23)14-20(19)28-4-2)13-21(25)29-11-7-10-24-17-8-5-6-9-18(17)30-22(24)26/h5-6,8-9,12,14H,3-4,7,10-11,13H2,1-2H3. The summed E-state index contributed by atoms with van der Waals surface area (Å²) in [5.41, 5.74) is 2.03. The summed E-state index contributed by atoms with van der Waals surface area (Å²) in [7, 11) is 0. The van der Waals surface area contributed by atoms with Crippen LogP contribution >= 0.6 is 15.9 Å². The third-order valence-electron chi connectivity index (χ3n) is 4.41. The average molecular weight is 478 g/mol. The summed E-state index contributed by atoms with van der Waals surface area (Å²) in [5, 5.41) is 0. The molecule has 0 N–H and O–H groups in total. The van der Waals surface area contributed by atoms with Crippen molar-refractivity contribution in [2.24, 2.45) is 0 Å². The van der Waals surface area contributed by atoms with E-state index in [9.17, 15) is 9.59 Å². The van der Waals surface area contributed by atoms with E-state index in [1.165, 1.54) is 0 Å². The summed E-state index contributed by atoms with van der Waals surface area (Å²) in [4.78, 5) is 24.2. The molecule has 0 radical (unpaired) electrons. The number of aromatic nitrogens is 1. The molecule has 1 aromatic heterocycles. The molecule has 0 aliphatic heterocycles. The number of oxazole rings is 1. The molecule has 30 heavy (non-hydrogen) atoms. The van der Waals surface area contributed by atoms with Gasteiger partial charge in [-0.25, -0.2) is 4.79 Å². The number of carbonyl (C=O) groups excluding carboxylic acids is 1. The van der Waals surface area contributed by atoms with Gasteiger partial charge in [0.05, 0.1) is 31.8 Å². The lowest BCUT2D eigenvalue weighted by Gasteiger charge is -2.14. The number of esters is 1. The molecule has 0 saturated heterocycles. The number of rotatable bonds is 10. The minimum Gasteiger partial charge on any atom is -0.490 e. The van der Waals surface area contributed by atoms with Gasteiger partial charge in [-0.3, -0.25) is 9.36 Å². The maximum atomic E-state index is 12.3. The van der Waals surface area contributed by atoms with Crippen LogP contribution in [0.4, 0.5) is 0 Å². The normalized spacial score (nSPS) is 10.9. The molecule has 7 nitrogen and oxygen atoms in total. The molecule has 0 amide bonds. The van der Waals surface area contributed by atoms with Crippen LogP contribution in [0.1, 0.15) is 25.8 Å². The van der Waals surface area contributed by atoms with Gasteiger partial charge in [-0.05, 0) is 50.1 Å². The lowest BCUT2D eigenvalue weighted by molar-refractivity contribution is -0.143. The second-order valence-corrected chi connectivity index (χ2v) is 7.35. The van der Waals surface area contributed by atoms with E-state index < -0.39 is 5.76 Å². The lowest BCUT2D eigenvalue weighted by atomic mass is 10.1. The fraction of sp³-hybridized carbons (Fsp3) is 0.364. The quantitative estimate of drug-likeness (QED) is 0.319. The Bertz CT molecular complexity index is 1070. The van der Waals surface area contributed by atoms with E-state index in [1.807, 2.05) is 32.0 Å². The summed E-state index contributed by atoms with van der Waals surface area (Å²) in [5.74, 6) is 0.452. The van der Waals surface area contributed by atoms with Crippen LogP contribution in [0.5, 0.6) is 11.5 Å². The highest BCUT2D eigenvalue weighted by Crippen LogP contribution is 2.34. The number of halogens is 1. The molecular weight excluding hydrogens is 454 g/mol. The molecule has 1 heterocycles. The summed E-state index contributed by atoms with van der Waals surface area (Å²) >= 11 is 3.48. The van der Waals surface area contributed by atoms with Crippen molar-refractivity contribution in [3.05, 3.63) is 57.0 Å². The first kappa shape index (κ1) is 22.0. The van der Waals surface area contributed by atoms with Gasteiger partial charge in [0.25, 0.3) is 0 Å². The number of carbonyl (C=O) groups is 1. The van der Waals surface area contributed by atoms with E-state index in [0.717, 1.165) is 15.6 Å². The fourth-order valence-corrected chi connectivity index (χ4v) is 3.55. The first-order valence-electron chi connectivity index (χ1n) is 9.85. The van der Waals surface area contributed by atoms with Crippen molar-refractivity contribution in [3.63, 3.8) is 0 Å². The zero-order chi connectivity index (χ0) is 21.5. The Labute approximate surface area is 182 Å². The molecule has 8 heteroatoms. The smallest absolute Gasteiger partial charge is 0.419 e. The van der Waals surface area contributed by atoms with E-state index in [1.54, 1.807) is 22.8 Å². The molecule has 0 aliphatic carbocycles. The van der Waals surface area contributed by atoms with E-state index in [4.69, 9.17) is 18.6 Å². The molecule has 0 aliphatic rings. The Morgan fingerprint density at radius 1 is 1.10 bits per heavy atom. The molecule has 0 bridgehead atoms. The van der Waals surface area contributed by atoms with E-state index in [0.29, 0.717) is 43.3 Å². The molecule has 160 valence electrons. The number of para-hydroxylation sites is 2. The topological polar surface area (TPSA) is 79.9 Å². The van der Waals surface area contributed by atoms with E-state index in [2.05, 4.69) is 15.9 Å². The first-order valence-corrected chi connectivity index (χ1v) is 10.6. The minimum atomic E-state index is -0.413. The molecule has 0 unspecified atom stereocenters. The van der Waals surface area contributed by atoms with Gasteiger partial charge in [-0.2, -0.15) is 0 Å². The second kappa shape index (κ2) is 10.3. The molecule has 3 rings (SSSR count). The number of ether oxygens (including phenoxy) is 3. The monoisotopic (exact) mass is 477 g/mol. The zero-order valence-corrected chi connectivity index (χ0v) is 18.6. The van der Waals surface area contributed by atoms with Gasteiger partial charge in [-0.1, -0.05) is 28.1 Å². The van der Waals surface area contributed by atoms with Crippen LogP contribution in [0.3, 0.4) is 0 Å². The van der Waals surface area contributed by atoms with Crippen LogP contribution in [-0.2, 0) is 22.5 Å². The fourth-order valence-electron chi connectivity index (χ4n) is 3.09. The van der Waals surface area contributed by atoms with Crippen molar-refractivity contribution in [3.8, 4) is 11.5 Å². The van der Waals surface area contributed by atoms with Crippen molar-refractivity contribution < 1.29 is 23.4 Å². The van der Waals surface area contributed by atoms with Gasteiger partial charge in [-0.15, -0.1) is 0 Å². The molecule has 2 aromatic carbocycles. The summed E-state index contributed by atoms with van der Waals surface area (Å²) in [6.07, 6.45) is 0.603. The number of hydrogen-bond acceptors (Lipinski definition) is 6. The summed E-state index contributed by atoms with van der Waals surface area (Å²) < 4.78 is 24.0. The number of fused-ring (bicyclic) bond motifs is 1. The predicted octanol–water partition coefficient (Wildman–Crippen LogP) is 4.33. The second-order valence-electron chi connectivity index (χ2n) is 6.49. The maximum absolute atomic E-state index is 12.3. The van der Waals surface area contributed by atoms with Gasteiger partial charge in [0.15, 0.2) is 17.1 Å². The van der Waals surface area contributed by atoms with Crippen LogP contribution in [0.15, 0.2) is 50.1 Å². The summed E-state index contributed by atoms with van der Waals surface area (Å²) in [6.45, 7) is 5.41. The largest absolute Gasteiger partial charge is 0.490 e.